The molecule has 0 radical (unpaired) electrons. The van der Waals surface area contributed by atoms with Crippen LogP contribution in [0, 0.1) is 3.57 Å². The average molecular weight is 447 g/mol. The van der Waals surface area contributed by atoms with Crippen LogP contribution in [-0.2, 0) is 0 Å². The highest BCUT2D eigenvalue weighted by molar-refractivity contribution is 14.1. The predicted octanol–water partition coefficient (Wildman–Crippen LogP) is 3.69. The van der Waals surface area contributed by atoms with Crippen molar-refractivity contribution < 1.29 is 4.74 Å². The molecule has 1 N–H and O–H groups in total. The van der Waals surface area contributed by atoms with Gasteiger partial charge in [-0.2, -0.15) is 0 Å². The van der Waals surface area contributed by atoms with Crippen LogP contribution in [0.15, 0.2) is 27.5 Å². The molecule has 0 aliphatic heterocycles. The fourth-order valence-corrected chi connectivity index (χ4v) is 3.17. The number of hydrogen-bond acceptors (Lipinski definition) is 3. The molecule has 20 heavy (non-hydrogen) atoms. The van der Waals surface area contributed by atoms with Crippen molar-refractivity contribution >= 4 is 38.5 Å². The van der Waals surface area contributed by atoms with E-state index in [1.165, 1.54) is 0 Å². The number of halogens is 2. The summed E-state index contributed by atoms with van der Waals surface area (Å²) >= 11 is 5.57. The number of ether oxygens (including phenoxy) is 1. The van der Waals surface area contributed by atoms with Gasteiger partial charge in [0.2, 0.25) is 0 Å². The van der Waals surface area contributed by atoms with Gasteiger partial charge in [-0.05, 0) is 53.6 Å². The molecule has 1 fully saturated rings. The van der Waals surface area contributed by atoms with E-state index in [-0.39, 0.29) is 5.56 Å². The quantitative estimate of drug-likeness (QED) is 0.731. The van der Waals surface area contributed by atoms with E-state index < -0.39 is 0 Å². The first-order valence-electron chi connectivity index (χ1n) is 6.23. The minimum atomic E-state index is -0.0766. The summed E-state index contributed by atoms with van der Waals surface area (Å²) in [6, 6.07) is 5.62. The number of rotatable bonds is 3. The first-order valence-corrected chi connectivity index (χ1v) is 8.11. The molecule has 0 atom stereocenters. The van der Waals surface area contributed by atoms with Gasteiger partial charge < -0.3 is 9.72 Å². The lowest BCUT2D eigenvalue weighted by atomic mass is 10.2. The van der Waals surface area contributed by atoms with E-state index in [0.29, 0.717) is 15.3 Å². The maximum Gasteiger partial charge on any atom is 0.264 e. The molecular weight excluding hydrogens is 435 g/mol. The molecule has 1 aromatic heterocycles. The van der Waals surface area contributed by atoms with Gasteiger partial charge in [0.25, 0.3) is 5.56 Å². The standard InChI is InChI=1S/C14H12BrIN2O2/c1-20-8-4-5-10(15)9(6-8)13-17-12(7-2-3-7)11(16)14(19)18-13/h4-7H,2-3H2,1H3,(H,17,18,19). The lowest BCUT2D eigenvalue weighted by molar-refractivity contribution is 0.415. The van der Waals surface area contributed by atoms with Crippen molar-refractivity contribution in [1.29, 1.82) is 0 Å². The summed E-state index contributed by atoms with van der Waals surface area (Å²) in [6.45, 7) is 0. The molecule has 1 aliphatic carbocycles. The van der Waals surface area contributed by atoms with E-state index in [1.807, 2.05) is 18.2 Å². The molecule has 1 aliphatic rings. The predicted molar refractivity (Wildman–Crippen MR) is 89.2 cm³/mol. The molecule has 104 valence electrons. The van der Waals surface area contributed by atoms with Gasteiger partial charge in [-0.1, -0.05) is 15.9 Å². The molecular formula is C14H12BrIN2O2. The van der Waals surface area contributed by atoms with Crippen LogP contribution in [0.5, 0.6) is 5.75 Å². The Hall–Kier alpha value is -0.890. The van der Waals surface area contributed by atoms with Gasteiger partial charge in [-0.25, -0.2) is 4.98 Å². The minimum Gasteiger partial charge on any atom is -0.497 e. The van der Waals surface area contributed by atoms with E-state index in [0.717, 1.165) is 34.3 Å². The van der Waals surface area contributed by atoms with Crippen LogP contribution in [0.4, 0.5) is 0 Å². The van der Waals surface area contributed by atoms with Crippen molar-refractivity contribution in [2.45, 2.75) is 18.8 Å². The van der Waals surface area contributed by atoms with E-state index in [9.17, 15) is 4.79 Å². The largest absolute Gasteiger partial charge is 0.497 e. The number of hydrogen-bond donors (Lipinski definition) is 1. The van der Waals surface area contributed by atoms with Crippen molar-refractivity contribution in [2.75, 3.05) is 7.11 Å². The van der Waals surface area contributed by atoms with Gasteiger partial charge in [-0.3, -0.25) is 4.79 Å². The molecule has 0 amide bonds. The summed E-state index contributed by atoms with van der Waals surface area (Å²) in [5.74, 6) is 1.76. The van der Waals surface area contributed by atoms with Crippen LogP contribution in [0.2, 0.25) is 0 Å². The number of aromatic amines is 1. The molecule has 0 spiro atoms. The fourth-order valence-electron chi connectivity index (χ4n) is 2.04. The fraction of sp³-hybridized carbons (Fsp3) is 0.286. The zero-order valence-electron chi connectivity index (χ0n) is 10.7. The van der Waals surface area contributed by atoms with Gasteiger partial charge >= 0.3 is 0 Å². The summed E-state index contributed by atoms with van der Waals surface area (Å²) in [5, 5.41) is 0. The van der Waals surface area contributed by atoms with E-state index in [1.54, 1.807) is 7.11 Å². The number of nitrogens with one attached hydrogen (secondary N) is 1. The van der Waals surface area contributed by atoms with Crippen LogP contribution >= 0.6 is 38.5 Å². The Balaban J connectivity index is 2.17. The lowest BCUT2D eigenvalue weighted by Gasteiger charge is -2.09. The third-order valence-electron chi connectivity index (χ3n) is 3.28. The highest BCUT2D eigenvalue weighted by atomic mass is 127. The maximum absolute atomic E-state index is 12.1. The highest BCUT2D eigenvalue weighted by Crippen LogP contribution is 2.41. The summed E-state index contributed by atoms with van der Waals surface area (Å²) in [4.78, 5) is 19.6. The van der Waals surface area contributed by atoms with Crippen LogP contribution in [0.1, 0.15) is 24.5 Å². The van der Waals surface area contributed by atoms with Crippen molar-refractivity contribution in [2.24, 2.45) is 0 Å². The molecule has 0 unspecified atom stereocenters. The third-order valence-corrected chi connectivity index (χ3v) is 5.02. The van der Waals surface area contributed by atoms with E-state index in [2.05, 4.69) is 48.5 Å². The topological polar surface area (TPSA) is 55.0 Å². The second kappa shape index (κ2) is 5.48. The summed E-state index contributed by atoms with van der Waals surface area (Å²) < 4.78 is 6.81. The van der Waals surface area contributed by atoms with Crippen LogP contribution in [-0.4, -0.2) is 17.1 Å². The number of H-pyrrole nitrogens is 1. The first kappa shape index (κ1) is 14.1. The van der Waals surface area contributed by atoms with Crippen molar-refractivity contribution in [1.82, 2.24) is 9.97 Å². The first-order chi connectivity index (χ1) is 9.60. The number of nitrogens with zero attached hydrogens (tertiary/aromatic N) is 1. The molecule has 1 saturated carbocycles. The summed E-state index contributed by atoms with van der Waals surface area (Å²) in [6.07, 6.45) is 2.23. The van der Waals surface area contributed by atoms with Gasteiger partial charge in [0.15, 0.2) is 0 Å². The lowest BCUT2D eigenvalue weighted by Crippen LogP contribution is -2.16. The number of aromatic nitrogens is 2. The Kier molecular flexibility index (Phi) is 3.85. The number of methoxy groups -OCH3 is 1. The van der Waals surface area contributed by atoms with Gasteiger partial charge in [0.1, 0.15) is 11.6 Å². The molecule has 1 aromatic carbocycles. The molecule has 1 heterocycles. The van der Waals surface area contributed by atoms with Crippen LogP contribution in [0.3, 0.4) is 0 Å². The van der Waals surface area contributed by atoms with Crippen molar-refractivity contribution in [3.63, 3.8) is 0 Å². The Morgan fingerprint density at radius 3 is 2.85 bits per heavy atom. The minimum absolute atomic E-state index is 0.0766. The Morgan fingerprint density at radius 2 is 2.20 bits per heavy atom. The van der Waals surface area contributed by atoms with Crippen LogP contribution in [0.25, 0.3) is 11.4 Å². The second-order valence-corrected chi connectivity index (χ2v) is 6.67. The Bertz CT molecular complexity index is 726. The Labute approximate surface area is 138 Å². The summed E-state index contributed by atoms with van der Waals surface area (Å²) in [5.41, 5.74) is 1.67. The van der Waals surface area contributed by atoms with Crippen LogP contribution < -0.4 is 10.3 Å². The van der Waals surface area contributed by atoms with E-state index >= 15 is 0 Å². The highest BCUT2D eigenvalue weighted by Gasteiger charge is 2.29. The maximum atomic E-state index is 12.1. The van der Waals surface area contributed by atoms with Crippen molar-refractivity contribution in [3.8, 4) is 17.1 Å². The molecule has 2 aromatic rings. The van der Waals surface area contributed by atoms with Crippen molar-refractivity contribution in [3.05, 3.63) is 42.3 Å². The third kappa shape index (κ3) is 2.63. The van der Waals surface area contributed by atoms with E-state index in [4.69, 9.17) is 4.74 Å². The average Bonchev–Trinajstić information content (AvgIpc) is 3.27. The second-order valence-electron chi connectivity index (χ2n) is 4.73. The molecule has 0 saturated heterocycles. The molecule has 4 nitrogen and oxygen atoms in total. The van der Waals surface area contributed by atoms with Gasteiger partial charge in [0.05, 0.1) is 16.4 Å². The zero-order chi connectivity index (χ0) is 14.3. The number of benzene rings is 1. The smallest absolute Gasteiger partial charge is 0.264 e. The monoisotopic (exact) mass is 446 g/mol. The zero-order valence-corrected chi connectivity index (χ0v) is 14.5. The summed E-state index contributed by atoms with van der Waals surface area (Å²) in [7, 11) is 1.62. The molecule has 0 bridgehead atoms. The SMILES string of the molecule is COc1ccc(Br)c(-c2nc(C3CC3)c(I)c(=O)[nH]2)c1. The van der Waals surface area contributed by atoms with Gasteiger partial charge in [-0.15, -0.1) is 0 Å². The van der Waals surface area contributed by atoms with Gasteiger partial charge in [0, 0.05) is 16.0 Å². The Morgan fingerprint density at radius 1 is 1.45 bits per heavy atom. The molecule has 3 rings (SSSR count). The normalized spacial score (nSPS) is 14.3. The molecule has 6 heteroatoms.